The fourth-order valence-electron chi connectivity index (χ4n) is 3.67. The van der Waals surface area contributed by atoms with Crippen LogP contribution in [0.25, 0.3) is 11.0 Å². The van der Waals surface area contributed by atoms with Gasteiger partial charge in [-0.05, 0) is 49.9 Å². The summed E-state index contributed by atoms with van der Waals surface area (Å²) in [6.07, 6.45) is 4.10. The van der Waals surface area contributed by atoms with Gasteiger partial charge in [-0.15, -0.1) is 0 Å². The van der Waals surface area contributed by atoms with Gasteiger partial charge in [0, 0.05) is 25.4 Å². The van der Waals surface area contributed by atoms with Crippen LogP contribution >= 0.6 is 0 Å². The molecule has 0 radical (unpaired) electrons. The Morgan fingerprint density at radius 3 is 2.52 bits per heavy atom. The maximum absolute atomic E-state index is 13.0. The second-order valence-electron chi connectivity index (χ2n) is 8.12. The normalized spacial score (nSPS) is 12.2. The number of ether oxygens (including phenoxy) is 1. The van der Waals surface area contributed by atoms with Crippen LogP contribution in [-0.2, 0) is 16.1 Å². The molecule has 2 aromatic heterocycles. The molecule has 0 fully saturated rings. The lowest BCUT2D eigenvalue weighted by Crippen LogP contribution is -2.44. The molecule has 7 nitrogen and oxygen atoms in total. The Morgan fingerprint density at radius 1 is 1.16 bits per heavy atom. The average molecular weight is 423 g/mol. The number of rotatable bonds is 8. The molecule has 0 saturated heterocycles. The number of likely N-dealkylation sites (N-methyl/N-ethyl adjacent to an activating group) is 1. The zero-order chi connectivity index (χ0) is 22.5. The average Bonchev–Trinajstić information content (AvgIpc) is 3.06. The van der Waals surface area contributed by atoms with Gasteiger partial charge in [-0.3, -0.25) is 9.78 Å². The third-order valence-corrected chi connectivity index (χ3v) is 5.32. The first kappa shape index (κ1) is 22.5. The van der Waals surface area contributed by atoms with Crippen molar-refractivity contribution < 1.29 is 14.3 Å². The van der Waals surface area contributed by atoms with E-state index in [2.05, 4.69) is 14.5 Å². The van der Waals surface area contributed by atoms with Crippen molar-refractivity contribution in [1.82, 2.24) is 19.4 Å². The minimum atomic E-state index is -0.598. The molecule has 0 saturated carbocycles. The van der Waals surface area contributed by atoms with Gasteiger partial charge in [-0.2, -0.15) is 0 Å². The van der Waals surface area contributed by atoms with Gasteiger partial charge in [0.15, 0.2) is 0 Å². The number of nitrogens with zero attached hydrogens (tertiary/aromatic N) is 4. The molecule has 0 bridgehead atoms. The molecule has 7 heteroatoms. The lowest BCUT2D eigenvalue weighted by Gasteiger charge is -2.28. The van der Waals surface area contributed by atoms with Gasteiger partial charge in [0.25, 0.3) is 5.91 Å². The van der Waals surface area contributed by atoms with E-state index in [9.17, 15) is 9.59 Å². The smallest absolute Gasteiger partial charge is 0.328 e. The highest BCUT2D eigenvalue weighted by atomic mass is 16.5. The van der Waals surface area contributed by atoms with Crippen LogP contribution in [0.5, 0.6) is 0 Å². The number of hydrogen-bond donors (Lipinski definition) is 0. The second kappa shape index (κ2) is 9.73. The third-order valence-electron chi connectivity index (χ3n) is 5.32. The lowest BCUT2D eigenvalue weighted by atomic mass is 10.0. The highest BCUT2D eigenvalue weighted by Gasteiger charge is 2.29. The Hall–Kier alpha value is -3.22. The molecule has 164 valence electrons. The molecule has 0 aliphatic carbocycles. The van der Waals surface area contributed by atoms with Gasteiger partial charge in [0.1, 0.15) is 11.9 Å². The summed E-state index contributed by atoms with van der Waals surface area (Å²) in [5, 5.41) is 0. The fraction of sp³-hybridized carbons (Fsp3) is 0.417. The molecular formula is C24H30N4O3. The lowest BCUT2D eigenvalue weighted by molar-refractivity contribution is -0.148. The van der Waals surface area contributed by atoms with Crippen LogP contribution in [-0.4, -0.2) is 51.0 Å². The first-order valence-electron chi connectivity index (χ1n) is 10.6. The summed E-state index contributed by atoms with van der Waals surface area (Å²) in [5.74, 6) is 0.613. The van der Waals surface area contributed by atoms with Crippen molar-refractivity contribution in [2.45, 2.75) is 46.7 Å². The quantitative estimate of drug-likeness (QED) is 0.516. The number of imidazole rings is 1. The Morgan fingerprint density at radius 2 is 1.87 bits per heavy atom. The molecule has 1 atom stereocenters. The van der Waals surface area contributed by atoms with Gasteiger partial charge >= 0.3 is 5.97 Å². The van der Waals surface area contributed by atoms with E-state index in [1.54, 1.807) is 32.3 Å². The summed E-state index contributed by atoms with van der Waals surface area (Å²) < 4.78 is 7.29. The SMILES string of the molecule is CCOC(=O)[C@H](CC(C)C)N(C)C(=O)c1ccc(Cn2c(C)nc3ccncc32)cc1. The zero-order valence-electron chi connectivity index (χ0n) is 18.8. The number of benzene rings is 1. The Labute approximate surface area is 183 Å². The van der Waals surface area contributed by atoms with E-state index in [0.29, 0.717) is 25.1 Å². The number of aryl methyl sites for hydroxylation is 1. The van der Waals surface area contributed by atoms with E-state index in [-0.39, 0.29) is 17.8 Å². The van der Waals surface area contributed by atoms with Crippen LogP contribution in [0, 0.1) is 12.8 Å². The van der Waals surface area contributed by atoms with Gasteiger partial charge in [-0.25, -0.2) is 9.78 Å². The van der Waals surface area contributed by atoms with Crippen molar-refractivity contribution >= 4 is 22.9 Å². The van der Waals surface area contributed by atoms with Gasteiger partial charge in [-0.1, -0.05) is 26.0 Å². The summed E-state index contributed by atoms with van der Waals surface area (Å²) in [7, 11) is 1.66. The summed E-state index contributed by atoms with van der Waals surface area (Å²) in [6.45, 7) is 8.72. The monoisotopic (exact) mass is 422 g/mol. The minimum absolute atomic E-state index is 0.196. The molecule has 0 N–H and O–H groups in total. The van der Waals surface area contributed by atoms with Crippen molar-refractivity contribution in [2.24, 2.45) is 5.92 Å². The van der Waals surface area contributed by atoms with Crippen LogP contribution in [0.1, 0.15) is 48.9 Å². The zero-order valence-corrected chi connectivity index (χ0v) is 18.8. The molecule has 31 heavy (non-hydrogen) atoms. The molecule has 0 unspecified atom stereocenters. The predicted molar refractivity (Wildman–Crippen MR) is 120 cm³/mol. The number of hydrogen-bond acceptors (Lipinski definition) is 5. The third kappa shape index (κ3) is 5.10. The van der Waals surface area contributed by atoms with Crippen LogP contribution in [0.2, 0.25) is 0 Å². The minimum Gasteiger partial charge on any atom is -0.464 e. The highest BCUT2D eigenvalue weighted by Crippen LogP contribution is 2.19. The van der Waals surface area contributed by atoms with E-state index in [1.165, 1.54) is 4.90 Å². The summed E-state index contributed by atoms with van der Waals surface area (Å²) >= 11 is 0. The largest absolute Gasteiger partial charge is 0.464 e. The maximum Gasteiger partial charge on any atom is 0.328 e. The van der Waals surface area contributed by atoms with E-state index < -0.39 is 6.04 Å². The van der Waals surface area contributed by atoms with E-state index >= 15 is 0 Å². The predicted octanol–water partition coefficient (Wildman–Crippen LogP) is 3.84. The van der Waals surface area contributed by atoms with Crippen molar-refractivity contribution in [3.8, 4) is 0 Å². The molecule has 3 aromatic rings. The Balaban J connectivity index is 1.77. The highest BCUT2D eigenvalue weighted by molar-refractivity contribution is 5.96. The summed E-state index contributed by atoms with van der Waals surface area (Å²) in [6, 6.07) is 8.78. The Kier molecular flexibility index (Phi) is 7.05. The second-order valence-corrected chi connectivity index (χ2v) is 8.12. The molecule has 2 heterocycles. The molecule has 0 spiro atoms. The van der Waals surface area contributed by atoms with Gasteiger partial charge < -0.3 is 14.2 Å². The molecule has 0 aliphatic heterocycles. The first-order valence-corrected chi connectivity index (χ1v) is 10.6. The molecule has 1 amide bonds. The van der Waals surface area contributed by atoms with Crippen molar-refractivity contribution in [3.63, 3.8) is 0 Å². The molecule has 3 rings (SSSR count). The van der Waals surface area contributed by atoms with E-state index in [4.69, 9.17) is 4.74 Å². The number of pyridine rings is 1. The van der Waals surface area contributed by atoms with Crippen LogP contribution in [0.15, 0.2) is 42.7 Å². The van der Waals surface area contributed by atoms with Crippen LogP contribution in [0.4, 0.5) is 0 Å². The molecule has 1 aromatic carbocycles. The van der Waals surface area contributed by atoms with Gasteiger partial charge in [0.2, 0.25) is 0 Å². The number of carbonyl (C=O) groups is 2. The van der Waals surface area contributed by atoms with Crippen LogP contribution < -0.4 is 0 Å². The number of fused-ring (bicyclic) bond motifs is 1. The van der Waals surface area contributed by atoms with Crippen molar-refractivity contribution in [3.05, 3.63) is 59.7 Å². The van der Waals surface area contributed by atoms with Crippen molar-refractivity contribution in [1.29, 1.82) is 0 Å². The van der Waals surface area contributed by atoms with Crippen molar-refractivity contribution in [2.75, 3.05) is 13.7 Å². The maximum atomic E-state index is 13.0. The topological polar surface area (TPSA) is 77.3 Å². The number of amides is 1. The number of esters is 1. The molecule has 0 aliphatic rings. The first-order chi connectivity index (χ1) is 14.8. The fourth-order valence-corrected chi connectivity index (χ4v) is 3.67. The summed E-state index contributed by atoms with van der Waals surface area (Å²) in [4.78, 5) is 35.7. The number of aromatic nitrogens is 3. The van der Waals surface area contributed by atoms with Gasteiger partial charge in [0.05, 0.1) is 23.8 Å². The van der Waals surface area contributed by atoms with Crippen LogP contribution in [0.3, 0.4) is 0 Å². The number of carbonyl (C=O) groups excluding carboxylic acids is 2. The van der Waals surface area contributed by atoms with E-state index in [0.717, 1.165) is 22.4 Å². The summed E-state index contributed by atoms with van der Waals surface area (Å²) in [5.41, 5.74) is 3.48. The standard InChI is InChI=1S/C24H30N4O3/c1-6-31-24(30)21(13-16(2)3)27(5)23(29)19-9-7-18(8-10-19)15-28-17(4)26-20-11-12-25-14-22(20)28/h7-12,14,16,21H,6,13,15H2,1-5H3/t21-/m0/s1. The Bertz CT molecular complexity index is 1060. The molecular weight excluding hydrogens is 392 g/mol. The van der Waals surface area contributed by atoms with E-state index in [1.807, 2.05) is 45.2 Å².